The van der Waals surface area contributed by atoms with E-state index >= 15 is 0 Å². The Morgan fingerprint density at radius 3 is 2.50 bits per heavy atom. The summed E-state index contributed by atoms with van der Waals surface area (Å²) in [4.78, 5) is 0. The molecule has 0 radical (unpaired) electrons. The predicted octanol–water partition coefficient (Wildman–Crippen LogP) is 2.65. The smallest absolute Gasteiger partial charge is 0.217 e. The minimum Gasteiger partial charge on any atom is -0.481 e. The van der Waals surface area contributed by atoms with Crippen molar-refractivity contribution in [1.29, 1.82) is 0 Å². The largest absolute Gasteiger partial charge is 0.481 e. The van der Waals surface area contributed by atoms with E-state index in [4.69, 9.17) is 4.74 Å². The molecule has 0 aliphatic carbocycles. The third kappa shape index (κ3) is 1.71. The van der Waals surface area contributed by atoms with Crippen molar-refractivity contribution in [2.24, 2.45) is 5.10 Å². The maximum Gasteiger partial charge on any atom is 0.217 e. The van der Waals surface area contributed by atoms with Crippen molar-refractivity contribution in [1.82, 2.24) is 5.01 Å². The molecule has 14 heavy (non-hydrogen) atoms. The monoisotopic (exact) mass is 192 g/mol. The van der Waals surface area contributed by atoms with Crippen LogP contribution < -0.4 is 0 Å². The average molecular weight is 192 g/mol. The number of methoxy groups -OCH3 is 1. The molecule has 1 rings (SSSR count). The van der Waals surface area contributed by atoms with Gasteiger partial charge < -0.3 is 4.74 Å². The SMILES string of the molecule is C=NN1C(=C(C)C)C=CC(C)=C1OC. The molecule has 3 heteroatoms. The maximum atomic E-state index is 5.27. The van der Waals surface area contributed by atoms with Crippen molar-refractivity contribution in [2.45, 2.75) is 20.8 Å². The Bertz CT molecular complexity index is 333. The second-order valence-electron chi connectivity index (χ2n) is 3.36. The van der Waals surface area contributed by atoms with E-state index in [1.54, 1.807) is 12.1 Å². The summed E-state index contributed by atoms with van der Waals surface area (Å²) in [6, 6.07) is 0. The fourth-order valence-corrected chi connectivity index (χ4v) is 1.39. The van der Waals surface area contributed by atoms with Gasteiger partial charge in [0.1, 0.15) is 0 Å². The molecular weight excluding hydrogens is 176 g/mol. The zero-order valence-electron chi connectivity index (χ0n) is 9.16. The van der Waals surface area contributed by atoms with Gasteiger partial charge in [-0.25, -0.2) is 5.01 Å². The van der Waals surface area contributed by atoms with E-state index in [9.17, 15) is 0 Å². The molecule has 0 bridgehead atoms. The Labute approximate surface area is 85.1 Å². The van der Waals surface area contributed by atoms with Gasteiger partial charge in [0, 0.05) is 12.3 Å². The highest BCUT2D eigenvalue weighted by Gasteiger charge is 2.18. The summed E-state index contributed by atoms with van der Waals surface area (Å²) < 4.78 is 5.27. The highest BCUT2D eigenvalue weighted by Crippen LogP contribution is 2.26. The first-order valence-corrected chi connectivity index (χ1v) is 4.49. The van der Waals surface area contributed by atoms with Crippen molar-refractivity contribution in [3.05, 3.63) is 34.9 Å². The fourth-order valence-electron chi connectivity index (χ4n) is 1.39. The Morgan fingerprint density at radius 1 is 1.43 bits per heavy atom. The summed E-state index contributed by atoms with van der Waals surface area (Å²) in [6.07, 6.45) is 4.03. The summed E-state index contributed by atoms with van der Waals surface area (Å²) in [5, 5.41) is 5.66. The number of allylic oxidation sites excluding steroid dienone is 4. The fraction of sp³-hybridized carbons (Fsp3) is 0.364. The Morgan fingerprint density at radius 2 is 2.07 bits per heavy atom. The number of hydrazone groups is 1. The van der Waals surface area contributed by atoms with Crippen LogP contribution in [0.5, 0.6) is 0 Å². The van der Waals surface area contributed by atoms with E-state index in [0.717, 1.165) is 17.2 Å². The molecule has 1 heterocycles. The van der Waals surface area contributed by atoms with Crippen LogP contribution in [0.3, 0.4) is 0 Å². The third-order valence-electron chi connectivity index (χ3n) is 2.10. The van der Waals surface area contributed by atoms with Crippen molar-refractivity contribution in [3.8, 4) is 0 Å². The van der Waals surface area contributed by atoms with Crippen LogP contribution in [0.2, 0.25) is 0 Å². The lowest BCUT2D eigenvalue weighted by Crippen LogP contribution is -2.20. The highest BCUT2D eigenvalue weighted by atomic mass is 16.5. The van der Waals surface area contributed by atoms with Crippen LogP contribution >= 0.6 is 0 Å². The van der Waals surface area contributed by atoms with Crippen LogP contribution in [-0.2, 0) is 4.74 Å². The lowest BCUT2D eigenvalue weighted by Gasteiger charge is -2.26. The van der Waals surface area contributed by atoms with E-state index in [1.807, 2.05) is 32.9 Å². The van der Waals surface area contributed by atoms with Crippen LogP contribution in [-0.4, -0.2) is 18.8 Å². The summed E-state index contributed by atoms with van der Waals surface area (Å²) >= 11 is 0. The zero-order valence-corrected chi connectivity index (χ0v) is 9.16. The van der Waals surface area contributed by atoms with Gasteiger partial charge >= 0.3 is 0 Å². The predicted molar refractivity (Wildman–Crippen MR) is 58.6 cm³/mol. The molecule has 0 aromatic rings. The van der Waals surface area contributed by atoms with Crippen LogP contribution in [0.4, 0.5) is 0 Å². The summed E-state index contributed by atoms with van der Waals surface area (Å²) in [6.45, 7) is 9.59. The van der Waals surface area contributed by atoms with Gasteiger partial charge in [-0.2, -0.15) is 5.10 Å². The number of rotatable bonds is 2. The second-order valence-corrected chi connectivity index (χ2v) is 3.36. The van der Waals surface area contributed by atoms with Crippen molar-refractivity contribution >= 4 is 6.72 Å². The Kier molecular flexibility index (Phi) is 3.12. The van der Waals surface area contributed by atoms with Gasteiger partial charge in [-0.3, -0.25) is 0 Å². The first kappa shape index (κ1) is 10.6. The molecule has 1 aliphatic heterocycles. The van der Waals surface area contributed by atoms with E-state index in [1.165, 1.54) is 5.57 Å². The molecule has 0 saturated heterocycles. The van der Waals surface area contributed by atoms with Crippen molar-refractivity contribution < 1.29 is 4.74 Å². The molecule has 76 valence electrons. The topological polar surface area (TPSA) is 24.8 Å². The van der Waals surface area contributed by atoms with E-state index in [-0.39, 0.29) is 0 Å². The Hall–Kier alpha value is -1.51. The van der Waals surface area contributed by atoms with Gasteiger partial charge in [0.15, 0.2) is 0 Å². The molecule has 0 aromatic heterocycles. The Balaban J connectivity index is 3.21. The molecule has 0 saturated carbocycles. The first-order chi connectivity index (χ1) is 6.61. The van der Waals surface area contributed by atoms with Gasteiger partial charge in [0.25, 0.3) is 0 Å². The third-order valence-corrected chi connectivity index (χ3v) is 2.10. The molecule has 0 atom stereocenters. The van der Waals surface area contributed by atoms with Gasteiger partial charge in [-0.05, 0) is 26.8 Å². The van der Waals surface area contributed by atoms with Gasteiger partial charge in [-0.1, -0.05) is 11.6 Å². The lowest BCUT2D eigenvalue weighted by atomic mass is 10.1. The number of nitrogens with zero attached hydrogens (tertiary/aromatic N) is 2. The van der Waals surface area contributed by atoms with E-state index in [2.05, 4.69) is 11.8 Å². The first-order valence-electron chi connectivity index (χ1n) is 4.49. The van der Waals surface area contributed by atoms with Gasteiger partial charge in [0.05, 0.1) is 12.8 Å². The second kappa shape index (κ2) is 4.13. The lowest BCUT2D eigenvalue weighted by molar-refractivity contribution is 0.180. The van der Waals surface area contributed by atoms with Gasteiger partial charge in [-0.15, -0.1) is 0 Å². The molecule has 0 N–H and O–H groups in total. The summed E-state index contributed by atoms with van der Waals surface area (Å²) in [5.41, 5.74) is 3.24. The summed E-state index contributed by atoms with van der Waals surface area (Å²) in [5.74, 6) is 0.735. The minimum absolute atomic E-state index is 0.735. The van der Waals surface area contributed by atoms with Crippen LogP contribution in [0.15, 0.2) is 40.0 Å². The van der Waals surface area contributed by atoms with E-state index < -0.39 is 0 Å². The molecule has 0 unspecified atom stereocenters. The average Bonchev–Trinajstić information content (AvgIpc) is 2.16. The zero-order chi connectivity index (χ0) is 10.7. The van der Waals surface area contributed by atoms with Crippen LogP contribution in [0, 0.1) is 0 Å². The number of hydrogen-bond donors (Lipinski definition) is 0. The van der Waals surface area contributed by atoms with Crippen molar-refractivity contribution in [2.75, 3.05) is 7.11 Å². The number of hydrogen-bond acceptors (Lipinski definition) is 3. The highest BCUT2D eigenvalue weighted by molar-refractivity contribution is 5.38. The van der Waals surface area contributed by atoms with Crippen LogP contribution in [0.25, 0.3) is 0 Å². The van der Waals surface area contributed by atoms with Crippen LogP contribution in [0.1, 0.15) is 20.8 Å². The standard InChI is InChI=1S/C11H16N2O/c1-8(2)10-7-6-9(3)11(14-5)13(10)12-4/h6-7H,4H2,1-3,5H3. The van der Waals surface area contributed by atoms with Crippen molar-refractivity contribution in [3.63, 3.8) is 0 Å². The normalized spacial score (nSPS) is 16.0. The molecular formula is C11H16N2O. The molecule has 0 fully saturated rings. The minimum atomic E-state index is 0.735. The molecule has 3 nitrogen and oxygen atoms in total. The molecule has 1 aliphatic rings. The molecule has 0 amide bonds. The maximum absolute atomic E-state index is 5.27. The molecule has 0 spiro atoms. The quantitative estimate of drug-likeness (QED) is 0.628. The number of ether oxygens (including phenoxy) is 1. The van der Waals surface area contributed by atoms with E-state index in [0.29, 0.717) is 0 Å². The molecule has 0 aromatic carbocycles. The summed E-state index contributed by atoms with van der Waals surface area (Å²) in [7, 11) is 1.64. The van der Waals surface area contributed by atoms with Gasteiger partial charge in [0.2, 0.25) is 5.88 Å².